The van der Waals surface area contributed by atoms with E-state index in [-0.39, 0.29) is 17.3 Å². The fraction of sp³-hybridized carbons (Fsp3) is 0.419. The van der Waals surface area contributed by atoms with E-state index >= 15 is 0 Å². The summed E-state index contributed by atoms with van der Waals surface area (Å²) in [4.78, 5) is 12.7. The van der Waals surface area contributed by atoms with E-state index in [1.54, 1.807) is 32.5 Å². The highest BCUT2D eigenvalue weighted by molar-refractivity contribution is 7.91. The van der Waals surface area contributed by atoms with Gasteiger partial charge in [0.25, 0.3) is 0 Å². The van der Waals surface area contributed by atoms with Crippen LogP contribution in [0, 0.1) is 18.7 Å². The Morgan fingerprint density at radius 1 is 1.21 bits per heavy atom. The van der Waals surface area contributed by atoms with Crippen molar-refractivity contribution in [3.63, 3.8) is 0 Å². The molecule has 0 N–H and O–H groups in total. The van der Waals surface area contributed by atoms with Crippen molar-refractivity contribution in [3.8, 4) is 11.4 Å². The molecule has 3 aliphatic rings. The lowest BCUT2D eigenvalue weighted by Crippen LogP contribution is -2.63. The van der Waals surface area contributed by atoms with E-state index in [0.717, 1.165) is 28.9 Å². The Hall–Kier alpha value is -3.70. The van der Waals surface area contributed by atoms with Gasteiger partial charge in [-0.05, 0) is 42.8 Å². The quantitative estimate of drug-likeness (QED) is 0.368. The van der Waals surface area contributed by atoms with Crippen molar-refractivity contribution in [3.05, 3.63) is 83.2 Å². The number of fused-ring (bicyclic) bond motifs is 1. The lowest BCUT2D eigenvalue weighted by molar-refractivity contribution is -0.199. The van der Waals surface area contributed by atoms with Gasteiger partial charge in [-0.2, -0.15) is 0 Å². The van der Waals surface area contributed by atoms with Gasteiger partial charge in [0.05, 0.1) is 49.3 Å². The molecular formula is C31H35FN4O5S. The Labute approximate surface area is 245 Å². The number of imidazole rings is 1. The summed E-state index contributed by atoms with van der Waals surface area (Å²) >= 11 is 0. The van der Waals surface area contributed by atoms with Crippen LogP contribution < -0.4 is 4.74 Å². The summed E-state index contributed by atoms with van der Waals surface area (Å²) in [5.41, 5.74) is 2.50. The largest absolute Gasteiger partial charge is 0.495 e. The highest BCUT2D eigenvalue weighted by atomic mass is 32.2. The zero-order valence-corrected chi connectivity index (χ0v) is 25.0. The zero-order chi connectivity index (χ0) is 29.7. The molecule has 0 amide bonds. The zero-order valence-electron chi connectivity index (χ0n) is 24.2. The minimum absolute atomic E-state index is 0.0131. The monoisotopic (exact) mass is 594 g/mol. The number of piperidine rings is 1. The second-order valence-corrected chi connectivity index (χ2v) is 13.8. The number of aromatic nitrogens is 2. The summed E-state index contributed by atoms with van der Waals surface area (Å²) in [6, 6.07) is 12.0. The van der Waals surface area contributed by atoms with Crippen molar-refractivity contribution in [2.24, 2.45) is 11.1 Å². The summed E-state index contributed by atoms with van der Waals surface area (Å²) in [7, 11) is -1.73. The molecule has 2 fully saturated rings. The average molecular weight is 595 g/mol. The van der Waals surface area contributed by atoms with Gasteiger partial charge in [-0.1, -0.05) is 37.2 Å². The lowest BCUT2D eigenvalue weighted by Gasteiger charge is -2.53. The van der Waals surface area contributed by atoms with Gasteiger partial charge in [0.15, 0.2) is 15.7 Å². The maximum Gasteiger partial charge on any atom is 0.240 e. The number of benzene rings is 2. The van der Waals surface area contributed by atoms with E-state index in [9.17, 15) is 12.8 Å². The van der Waals surface area contributed by atoms with Crippen molar-refractivity contribution in [2.45, 2.75) is 44.9 Å². The molecule has 0 saturated carbocycles. The Kier molecular flexibility index (Phi) is 7.13. The van der Waals surface area contributed by atoms with Crippen LogP contribution in [0.3, 0.4) is 0 Å². The standard InChI is InChI=1S/C31H35FN4O5S/c1-5-42(37,38)18-21(2)31(25-7-9-26(32)10-8-25)36-19-30(12-13-40-30)16-24(29(36)34-41-31)14-23-6-11-27(28(15-23)39-4)35-17-22(3)33-20-35/h6-11,14-15,17,20-21H,5,12-13,16,18-19H2,1-4H3/b24-14+. The molecule has 222 valence electrons. The summed E-state index contributed by atoms with van der Waals surface area (Å²) in [5.74, 6) is 0.299. The van der Waals surface area contributed by atoms with Crippen molar-refractivity contribution >= 4 is 21.7 Å². The summed E-state index contributed by atoms with van der Waals surface area (Å²) in [6.45, 7) is 6.53. The SMILES string of the molecule is CCS(=O)(=O)CC(C)C1(c2ccc(F)cc2)ON=C2/C(=C/c3ccc(-n4cnc(C)c4)c(OC)c3)CC3(CCO3)CN21. The van der Waals surface area contributed by atoms with E-state index in [1.807, 2.05) is 47.7 Å². The molecular weight excluding hydrogens is 559 g/mol. The van der Waals surface area contributed by atoms with Crippen molar-refractivity contribution in [1.82, 2.24) is 14.5 Å². The number of ether oxygens (including phenoxy) is 2. The molecule has 0 bridgehead atoms. The van der Waals surface area contributed by atoms with Crippen LogP contribution in [0.1, 0.15) is 43.5 Å². The number of amidine groups is 1. The van der Waals surface area contributed by atoms with Crippen LogP contribution in [0.15, 0.2) is 65.7 Å². The first-order valence-electron chi connectivity index (χ1n) is 14.1. The smallest absolute Gasteiger partial charge is 0.240 e. The van der Waals surface area contributed by atoms with Gasteiger partial charge in [0.1, 0.15) is 11.6 Å². The number of oxime groups is 1. The number of aryl methyl sites for hydroxylation is 1. The van der Waals surface area contributed by atoms with Crippen molar-refractivity contribution in [2.75, 3.05) is 31.8 Å². The summed E-state index contributed by atoms with van der Waals surface area (Å²) in [5, 5.41) is 4.59. The molecule has 3 aromatic rings. The van der Waals surface area contributed by atoms with Crippen LogP contribution in [0.25, 0.3) is 11.8 Å². The molecule has 2 saturated heterocycles. The first-order valence-corrected chi connectivity index (χ1v) is 15.9. The van der Waals surface area contributed by atoms with Crippen LogP contribution in [-0.2, 0) is 25.1 Å². The molecule has 11 heteroatoms. The van der Waals surface area contributed by atoms with Crippen LogP contribution >= 0.6 is 0 Å². The van der Waals surface area contributed by atoms with Gasteiger partial charge in [-0.3, -0.25) is 0 Å². The third-order valence-electron chi connectivity index (χ3n) is 8.54. The fourth-order valence-corrected chi connectivity index (χ4v) is 7.46. The molecule has 3 atom stereocenters. The number of methoxy groups -OCH3 is 1. The third-order valence-corrected chi connectivity index (χ3v) is 10.4. The van der Waals surface area contributed by atoms with Crippen LogP contribution in [0.4, 0.5) is 4.39 Å². The highest BCUT2D eigenvalue weighted by Gasteiger charge is 2.59. The molecule has 42 heavy (non-hydrogen) atoms. The second kappa shape index (κ2) is 10.5. The Morgan fingerprint density at radius 3 is 2.60 bits per heavy atom. The summed E-state index contributed by atoms with van der Waals surface area (Å²) < 4.78 is 53.5. The average Bonchev–Trinajstić information content (AvgIpc) is 3.56. The maximum atomic E-state index is 14.0. The highest BCUT2D eigenvalue weighted by Crippen LogP contribution is 2.50. The predicted octanol–water partition coefficient (Wildman–Crippen LogP) is 4.84. The predicted molar refractivity (Wildman–Crippen MR) is 158 cm³/mol. The third kappa shape index (κ3) is 4.88. The second-order valence-electron chi connectivity index (χ2n) is 11.4. The van der Waals surface area contributed by atoms with Gasteiger partial charge in [0, 0.05) is 41.8 Å². The van der Waals surface area contributed by atoms with E-state index < -0.39 is 27.1 Å². The Morgan fingerprint density at radius 2 is 1.98 bits per heavy atom. The minimum Gasteiger partial charge on any atom is -0.495 e. The number of hydrogen-bond donors (Lipinski definition) is 0. The van der Waals surface area contributed by atoms with Crippen LogP contribution in [0.2, 0.25) is 0 Å². The van der Waals surface area contributed by atoms with E-state index in [2.05, 4.69) is 16.2 Å². The number of rotatable bonds is 8. The van der Waals surface area contributed by atoms with Crippen LogP contribution in [0.5, 0.6) is 5.75 Å². The van der Waals surface area contributed by atoms with Crippen molar-refractivity contribution in [1.29, 1.82) is 0 Å². The maximum absolute atomic E-state index is 14.0. The Bertz CT molecular complexity index is 1660. The molecule has 0 radical (unpaired) electrons. The molecule has 2 aromatic carbocycles. The molecule has 1 aromatic heterocycles. The number of nitrogens with zero attached hydrogens (tertiary/aromatic N) is 4. The molecule has 3 aliphatic heterocycles. The molecule has 4 heterocycles. The van der Waals surface area contributed by atoms with E-state index in [4.69, 9.17) is 14.3 Å². The van der Waals surface area contributed by atoms with Gasteiger partial charge in [0.2, 0.25) is 5.72 Å². The van der Waals surface area contributed by atoms with Gasteiger partial charge in [-0.15, -0.1) is 0 Å². The van der Waals surface area contributed by atoms with E-state index in [0.29, 0.717) is 36.7 Å². The number of sulfone groups is 1. The Balaban J connectivity index is 1.43. The lowest BCUT2D eigenvalue weighted by atomic mass is 9.79. The van der Waals surface area contributed by atoms with Gasteiger partial charge >= 0.3 is 0 Å². The molecule has 6 rings (SSSR count). The minimum atomic E-state index is -3.36. The fourth-order valence-electron chi connectivity index (χ4n) is 6.23. The normalized spacial score (nSPS) is 25.1. The molecule has 3 unspecified atom stereocenters. The summed E-state index contributed by atoms with van der Waals surface area (Å²) in [6.07, 6.45) is 7.21. The molecule has 0 aliphatic carbocycles. The number of hydrogen-bond acceptors (Lipinski definition) is 8. The first-order chi connectivity index (χ1) is 20.1. The van der Waals surface area contributed by atoms with Crippen molar-refractivity contribution < 1.29 is 27.1 Å². The van der Waals surface area contributed by atoms with Gasteiger partial charge in [-0.25, -0.2) is 17.8 Å². The topological polar surface area (TPSA) is 95.3 Å². The van der Waals surface area contributed by atoms with E-state index in [1.165, 1.54) is 12.1 Å². The molecule has 1 spiro atoms. The van der Waals surface area contributed by atoms with Gasteiger partial charge < -0.3 is 23.8 Å². The number of halogens is 1. The first kappa shape index (κ1) is 28.4. The molecule has 9 nitrogen and oxygen atoms in total. The van der Waals surface area contributed by atoms with Crippen LogP contribution in [-0.4, -0.2) is 66.1 Å².